The Morgan fingerprint density at radius 3 is 2.21 bits per heavy atom. The van der Waals surface area contributed by atoms with Crippen molar-refractivity contribution in [1.82, 2.24) is 14.7 Å². The van der Waals surface area contributed by atoms with Gasteiger partial charge in [0.15, 0.2) is 0 Å². The van der Waals surface area contributed by atoms with Crippen molar-refractivity contribution in [1.29, 1.82) is 0 Å². The molecule has 0 aliphatic carbocycles. The molecule has 0 bridgehead atoms. The molecule has 0 radical (unpaired) electrons. The van der Waals surface area contributed by atoms with Gasteiger partial charge in [-0.1, -0.05) is 0 Å². The lowest BCUT2D eigenvalue weighted by Crippen LogP contribution is -2.37. The maximum atomic E-state index is 13.5. The first-order valence-electron chi connectivity index (χ1n) is 11.1. The van der Waals surface area contributed by atoms with Gasteiger partial charge in [0.2, 0.25) is 0 Å². The minimum absolute atomic E-state index is 0.140. The van der Waals surface area contributed by atoms with Crippen molar-refractivity contribution in [3.05, 3.63) is 64.4 Å². The molecule has 2 heterocycles. The highest BCUT2D eigenvalue weighted by Crippen LogP contribution is 2.24. The van der Waals surface area contributed by atoms with Gasteiger partial charge in [-0.2, -0.15) is 0 Å². The number of nitrogens with zero attached hydrogens (tertiary/aromatic N) is 3. The van der Waals surface area contributed by atoms with Crippen LogP contribution in [-0.4, -0.2) is 74.0 Å². The monoisotopic (exact) mass is 450 g/mol. The average Bonchev–Trinajstić information content (AvgIpc) is 3.21. The largest absolute Gasteiger partial charge is 0.497 e. The Morgan fingerprint density at radius 2 is 1.61 bits per heavy atom. The number of morpholine rings is 1. The maximum absolute atomic E-state index is 13.5. The van der Waals surface area contributed by atoms with E-state index in [1.165, 1.54) is 0 Å². The molecule has 8 heteroatoms. The molecule has 0 unspecified atom stereocenters. The molecule has 1 aromatic heterocycles. The van der Waals surface area contributed by atoms with Crippen molar-refractivity contribution in [2.75, 3.05) is 53.6 Å². The minimum Gasteiger partial charge on any atom is -0.497 e. The predicted molar refractivity (Wildman–Crippen MR) is 129 cm³/mol. The second kappa shape index (κ2) is 10.5. The lowest BCUT2D eigenvalue weighted by atomic mass is 10.1. The van der Waals surface area contributed by atoms with Crippen LogP contribution >= 0.6 is 0 Å². The van der Waals surface area contributed by atoms with E-state index in [-0.39, 0.29) is 5.56 Å². The fourth-order valence-corrected chi connectivity index (χ4v) is 3.92. The molecule has 4 rings (SSSR count). The van der Waals surface area contributed by atoms with Gasteiger partial charge in [-0.25, -0.2) is 4.68 Å². The molecule has 1 fully saturated rings. The summed E-state index contributed by atoms with van der Waals surface area (Å²) >= 11 is 0. The average molecular weight is 451 g/mol. The van der Waals surface area contributed by atoms with Gasteiger partial charge < -0.3 is 14.2 Å². The van der Waals surface area contributed by atoms with Gasteiger partial charge in [0.05, 0.1) is 50.9 Å². The molecule has 1 N–H and O–H groups in total. The van der Waals surface area contributed by atoms with Gasteiger partial charge in [-0.15, -0.1) is 0 Å². The van der Waals surface area contributed by atoms with Crippen molar-refractivity contribution in [3.63, 3.8) is 0 Å². The quantitative estimate of drug-likeness (QED) is 0.534. The number of hydrogen-bond donors (Lipinski definition) is 1. The molecule has 0 atom stereocenters. The summed E-state index contributed by atoms with van der Waals surface area (Å²) < 4.78 is 17.5. The molecule has 1 saturated heterocycles. The predicted octanol–water partition coefficient (Wildman–Crippen LogP) is 2.99. The van der Waals surface area contributed by atoms with Gasteiger partial charge in [-0.3, -0.25) is 19.8 Å². The number of rotatable bonds is 8. The molecule has 174 valence electrons. The molecular formula is C25H30N4O4. The fourth-order valence-electron chi connectivity index (χ4n) is 3.92. The van der Waals surface area contributed by atoms with Gasteiger partial charge >= 0.3 is 0 Å². The van der Waals surface area contributed by atoms with Gasteiger partial charge in [0.25, 0.3) is 5.56 Å². The zero-order valence-electron chi connectivity index (χ0n) is 19.3. The van der Waals surface area contributed by atoms with Crippen LogP contribution in [0, 0.1) is 0 Å². The van der Waals surface area contributed by atoms with Crippen LogP contribution in [0.25, 0.3) is 16.9 Å². The lowest BCUT2D eigenvalue weighted by Gasteiger charge is -2.25. The topological polar surface area (TPSA) is 81.1 Å². The first kappa shape index (κ1) is 22.8. The fraction of sp³-hybridized carbons (Fsp3) is 0.360. The zero-order valence-corrected chi connectivity index (χ0v) is 19.3. The summed E-state index contributed by atoms with van der Waals surface area (Å²) in [4.78, 5) is 20.6. The summed E-state index contributed by atoms with van der Waals surface area (Å²) in [5.74, 6) is 1.49. The lowest BCUT2D eigenvalue weighted by molar-refractivity contribution is 0.0394. The summed E-state index contributed by atoms with van der Waals surface area (Å²) in [6.07, 6.45) is 0. The zero-order chi connectivity index (χ0) is 23.2. The van der Waals surface area contributed by atoms with E-state index in [2.05, 4.69) is 10.00 Å². The highest BCUT2D eigenvalue weighted by atomic mass is 16.5. The highest BCUT2D eigenvalue weighted by molar-refractivity contribution is 6.03. The van der Waals surface area contributed by atoms with Crippen LogP contribution in [0.3, 0.4) is 0 Å². The molecule has 3 aromatic rings. The Morgan fingerprint density at radius 1 is 1.00 bits per heavy atom. The molecule has 0 saturated carbocycles. The Kier molecular flexibility index (Phi) is 7.26. The van der Waals surface area contributed by atoms with Crippen molar-refractivity contribution in [3.8, 4) is 28.4 Å². The summed E-state index contributed by atoms with van der Waals surface area (Å²) in [6, 6.07) is 15.0. The molecule has 33 heavy (non-hydrogen) atoms. The summed E-state index contributed by atoms with van der Waals surface area (Å²) in [7, 11) is 3.25. The third-order valence-corrected chi connectivity index (χ3v) is 5.83. The van der Waals surface area contributed by atoms with Crippen molar-refractivity contribution in [2.24, 2.45) is 4.99 Å². The number of H-pyrrole nitrogens is 1. The van der Waals surface area contributed by atoms with Crippen LogP contribution in [0.1, 0.15) is 12.5 Å². The van der Waals surface area contributed by atoms with E-state index in [9.17, 15) is 4.79 Å². The van der Waals surface area contributed by atoms with Gasteiger partial charge in [0.1, 0.15) is 11.5 Å². The van der Waals surface area contributed by atoms with Crippen LogP contribution < -0.4 is 15.0 Å². The number of aromatic amines is 1. The molecule has 0 amide bonds. The van der Waals surface area contributed by atoms with Crippen LogP contribution in [0.15, 0.2) is 58.3 Å². The number of benzene rings is 2. The Balaban J connectivity index is 1.69. The molecule has 2 aromatic carbocycles. The van der Waals surface area contributed by atoms with Crippen LogP contribution in [0.2, 0.25) is 0 Å². The van der Waals surface area contributed by atoms with Crippen LogP contribution in [-0.2, 0) is 4.74 Å². The van der Waals surface area contributed by atoms with Crippen molar-refractivity contribution < 1.29 is 14.2 Å². The smallest absolute Gasteiger partial charge is 0.280 e. The van der Waals surface area contributed by atoms with E-state index < -0.39 is 0 Å². The van der Waals surface area contributed by atoms with Crippen LogP contribution in [0.5, 0.6) is 11.5 Å². The molecule has 1 aliphatic heterocycles. The second-order valence-electron chi connectivity index (χ2n) is 7.85. The summed E-state index contributed by atoms with van der Waals surface area (Å²) in [5.41, 5.74) is 3.48. The number of aromatic nitrogens is 2. The number of ether oxygens (including phenoxy) is 3. The molecular weight excluding hydrogens is 420 g/mol. The van der Waals surface area contributed by atoms with Crippen molar-refractivity contribution in [2.45, 2.75) is 6.92 Å². The Labute approximate surface area is 193 Å². The first-order valence-corrected chi connectivity index (χ1v) is 11.1. The third-order valence-electron chi connectivity index (χ3n) is 5.83. The maximum Gasteiger partial charge on any atom is 0.280 e. The molecule has 0 spiro atoms. The Hall–Kier alpha value is -3.36. The molecule has 8 nitrogen and oxygen atoms in total. The summed E-state index contributed by atoms with van der Waals surface area (Å²) in [6.45, 7) is 6.72. The number of methoxy groups -OCH3 is 2. The summed E-state index contributed by atoms with van der Waals surface area (Å²) in [5, 5.41) is 3.29. The van der Waals surface area contributed by atoms with E-state index in [1.807, 2.05) is 55.5 Å². The van der Waals surface area contributed by atoms with Crippen molar-refractivity contribution >= 4 is 5.71 Å². The second-order valence-corrected chi connectivity index (χ2v) is 7.85. The van der Waals surface area contributed by atoms with Crippen LogP contribution in [0.4, 0.5) is 0 Å². The van der Waals surface area contributed by atoms with E-state index >= 15 is 0 Å². The first-order chi connectivity index (χ1) is 16.1. The SMILES string of the molecule is COc1ccc(-c2[nH]n(-c3ccc(OC)cc3)c(=O)c2C(C)=NCCN2CCOCC2)cc1. The number of aliphatic imine (C=N–C) groups is 1. The van der Waals surface area contributed by atoms with E-state index in [0.29, 0.717) is 17.8 Å². The molecule has 1 aliphatic rings. The van der Waals surface area contributed by atoms with Gasteiger partial charge in [-0.05, 0) is 55.5 Å². The number of nitrogens with one attached hydrogen (secondary N) is 1. The standard InChI is InChI=1S/C25H30N4O4/c1-18(26-12-13-28-14-16-33-17-15-28)23-24(19-4-8-21(31-2)9-5-19)27-29(25(23)30)20-6-10-22(32-3)11-7-20/h4-11,27H,12-17H2,1-3H3. The van der Waals surface area contributed by atoms with E-state index in [1.54, 1.807) is 18.9 Å². The van der Waals surface area contributed by atoms with E-state index in [4.69, 9.17) is 19.2 Å². The normalized spacial score (nSPS) is 14.9. The van der Waals surface area contributed by atoms with Gasteiger partial charge in [0, 0.05) is 30.9 Å². The third kappa shape index (κ3) is 5.18. The Bertz CT molecular complexity index is 1140. The van der Waals surface area contributed by atoms with E-state index in [0.717, 1.165) is 61.3 Å². The number of hydrogen-bond acceptors (Lipinski definition) is 6. The highest BCUT2D eigenvalue weighted by Gasteiger charge is 2.19. The minimum atomic E-state index is -0.140.